The van der Waals surface area contributed by atoms with Crippen LogP contribution in [0.4, 0.5) is 0 Å². The molecule has 1 aliphatic rings. The Hall–Kier alpha value is -0.450. The Balaban J connectivity index is 2.19. The Morgan fingerprint density at radius 1 is 1.67 bits per heavy atom. The number of aromatic nitrogens is 1. The van der Waals surface area contributed by atoms with Crippen molar-refractivity contribution < 1.29 is 9.84 Å². The van der Waals surface area contributed by atoms with Crippen LogP contribution in [-0.4, -0.2) is 29.4 Å². The molecule has 2 unspecified atom stereocenters. The summed E-state index contributed by atoms with van der Waals surface area (Å²) in [6.45, 7) is 3.01. The van der Waals surface area contributed by atoms with Crippen molar-refractivity contribution in [3.63, 3.8) is 0 Å². The van der Waals surface area contributed by atoms with Gasteiger partial charge in [0.05, 0.1) is 25.2 Å². The molecule has 0 aromatic carbocycles. The van der Waals surface area contributed by atoms with Gasteiger partial charge in [0.15, 0.2) is 0 Å². The number of aliphatic hydroxyl groups is 1. The maximum Gasteiger partial charge on any atom is 0.101 e. The molecule has 4 heteroatoms. The van der Waals surface area contributed by atoms with Gasteiger partial charge in [0.1, 0.15) is 5.01 Å². The molecule has 1 aromatic rings. The molecule has 3 nitrogen and oxygen atoms in total. The van der Waals surface area contributed by atoms with Gasteiger partial charge >= 0.3 is 0 Å². The predicted molar refractivity (Wildman–Crippen MR) is 46.4 cm³/mol. The highest BCUT2D eigenvalue weighted by atomic mass is 32.1. The number of ether oxygens (including phenoxy) is 1. The van der Waals surface area contributed by atoms with E-state index in [9.17, 15) is 5.11 Å². The second-order valence-electron chi connectivity index (χ2n) is 3.04. The maximum absolute atomic E-state index is 9.49. The van der Waals surface area contributed by atoms with Gasteiger partial charge in [-0.05, 0) is 6.92 Å². The van der Waals surface area contributed by atoms with Crippen LogP contribution in [0.2, 0.25) is 0 Å². The van der Waals surface area contributed by atoms with Gasteiger partial charge < -0.3 is 9.84 Å². The molecule has 1 aliphatic heterocycles. The number of hydrogen-bond acceptors (Lipinski definition) is 4. The molecule has 2 atom stereocenters. The molecule has 1 N–H and O–H groups in total. The Bertz CT molecular complexity index is 274. The number of hydrogen-bond donors (Lipinski definition) is 1. The van der Waals surface area contributed by atoms with Crippen molar-refractivity contribution in [3.8, 4) is 0 Å². The summed E-state index contributed by atoms with van der Waals surface area (Å²) >= 11 is 1.60. The quantitative estimate of drug-likeness (QED) is 0.707. The third kappa shape index (κ3) is 1.37. The fourth-order valence-electron chi connectivity index (χ4n) is 1.32. The second-order valence-corrected chi connectivity index (χ2v) is 3.93. The largest absolute Gasteiger partial charge is 0.390 e. The van der Waals surface area contributed by atoms with E-state index in [0.29, 0.717) is 13.2 Å². The summed E-state index contributed by atoms with van der Waals surface area (Å²) in [5.41, 5.74) is 1.02. The van der Waals surface area contributed by atoms with Gasteiger partial charge in [-0.15, -0.1) is 11.3 Å². The second kappa shape index (κ2) is 3.12. The summed E-state index contributed by atoms with van der Waals surface area (Å²) in [7, 11) is 0. The van der Waals surface area contributed by atoms with Crippen molar-refractivity contribution in [2.75, 3.05) is 13.2 Å². The molecule has 1 aromatic heterocycles. The van der Waals surface area contributed by atoms with E-state index in [-0.39, 0.29) is 12.0 Å². The minimum atomic E-state index is -0.365. The first-order valence-corrected chi connectivity index (χ1v) is 4.83. The topological polar surface area (TPSA) is 42.4 Å². The average Bonchev–Trinajstić information content (AvgIpc) is 2.58. The first kappa shape index (κ1) is 8.16. The fourth-order valence-corrected chi connectivity index (χ4v) is 2.26. The molecule has 1 saturated heterocycles. The molecule has 66 valence electrons. The van der Waals surface area contributed by atoms with Crippen LogP contribution in [0, 0.1) is 6.92 Å². The van der Waals surface area contributed by atoms with Crippen molar-refractivity contribution in [1.82, 2.24) is 4.98 Å². The van der Waals surface area contributed by atoms with Gasteiger partial charge in [-0.25, -0.2) is 4.98 Å². The first-order chi connectivity index (χ1) is 5.77. The summed E-state index contributed by atoms with van der Waals surface area (Å²) in [4.78, 5) is 4.32. The molecule has 0 aliphatic carbocycles. The SMILES string of the molecule is Cc1csc(C2COCC2O)n1. The molecule has 12 heavy (non-hydrogen) atoms. The van der Waals surface area contributed by atoms with Crippen LogP contribution in [0.3, 0.4) is 0 Å². The van der Waals surface area contributed by atoms with E-state index in [4.69, 9.17) is 4.74 Å². The van der Waals surface area contributed by atoms with E-state index < -0.39 is 0 Å². The summed E-state index contributed by atoms with van der Waals surface area (Å²) in [6.07, 6.45) is -0.365. The minimum absolute atomic E-state index is 0.101. The first-order valence-electron chi connectivity index (χ1n) is 3.95. The van der Waals surface area contributed by atoms with Gasteiger partial charge in [-0.1, -0.05) is 0 Å². The van der Waals surface area contributed by atoms with Gasteiger partial charge in [-0.2, -0.15) is 0 Å². The van der Waals surface area contributed by atoms with E-state index in [0.717, 1.165) is 10.7 Å². The van der Waals surface area contributed by atoms with Crippen LogP contribution in [-0.2, 0) is 4.74 Å². The highest BCUT2D eigenvalue weighted by Crippen LogP contribution is 2.27. The van der Waals surface area contributed by atoms with E-state index in [1.165, 1.54) is 0 Å². The molecular formula is C8H11NO2S. The predicted octanol–water partition coefficient (Wildman–Crippen LogP) is 0.926. The number of aliphatic hydroxyl groups excluding tert-OH is 1. The van der Waals surface area contributed by atoms with E-state index in [1.807, 2.05) is 12.3 Å². The van der Waals surface area contributed by atoms with Crippen molar-refractivity contribution in [2.45, 2.75) is 18.9 Å². The summed E-state index contributed by atoms with van der Waals surface area (Å²) in [5.74, 6) is 0.101. The van der Waals surface area contributed by atoms with Crippen LogP contribution >= 0.6 is 11.3 Å². The minimum Gasteiger partial charge on any atom is -0.390 e. The third-order valence-corrected chi connectivity index (χ3v) is 3.10. The molecule has 0 spiro atoms. The Morgan fingerprint density at radius 3 is 3.00 bits per heavy atom. The molecule has 0 saturated carbocycles. The van der Waals surface area contributed by atoms with Crippen molar-refractivity contribution in [2.24, 2.45) is 0 Å². The lowest BCUT2D eigenvalue weighted by Crippen LogP contribution is -2.15. The highest BCUT2D eigenvalue weighted by molar-refractivity contribution is 7.09. The molecular weight excluding hydrogens is 174 g/mol. The molecule has 0 amide bonds. The monoisotopic (exact) mass is 185 g/mol. The molecule has 2 rings (SSSR count). The normalized spacial score (nSPS) is 29.5. The average molecular weight is 185 g/mol. The number of thiazole rings is 1. The van der Waals surface area contributed by atoms with Gasteiger partial charge in [-0.3, -0.25) is 0 Å². The van der Waals surface area contributed by atoms with Crippen LogP contribution < -0.4 is 0 Å². The highest BCUT2D eigenvalue weighted by Gasteiger charge is 2.29. The van der Waals surface area contributed by atoms with Crippen molar-refractivity contribution >= 4 is 11.3 Å². The molecule has 2 heterocycles. The Labute approximate surface area is 75.0 Å². The summed E-state index contributed by atoms with van der Waals surface area (Å²) in [6, 6.07) is 0. The van der Waals surface area contributed by atoms with Crippen LogP contribution in [0.1, 0.15) is 16.6 Å². The van der Waals surface area contributed by atoms with Gasteiger partial charge in [0, 0.05) is 11.1 Å². The third-order valence-electron chi connectivity index (χ3n) is 2.00. The standard InChI is InChI=1S/C8H11NO2S/c1-5-4-12-8(9-5)6-2-11-3-7(6)10/h4,6-7,10H,2-3H2,1H3. The zero-order valence-electron chi connectivity index (χ0n) is 6.86. The zero-order valence-corrected chi connectivity index (χ0v) is 7.67. The van der Waals surface area contributed by atoms with E-state index in [1.54, 1.807) is 11.3 Å². The zero-order chi connectivity index (χ0) is 8.55. The van der Waals surface area contributed by atoms with E-state index >= 15 is 0 Å². The number of rotatable bonds is 1. The van der Waals surface area contributed by atoms with Crippen LogP contribution in [0.25, 0.3) is 0 Å². The van der Waals surface area contributed by atoms with Crippen LogP contribution in [0.5, 0.6) is 0 Å². The summed E-state index contributed by atoms with van der Waals surface area (Å²) in [5, 5.41) is 12.5. The van der Waals surface area contributed by atoms with Crippen molar-refractivity contribution in [3.05, 3.63) is 16.1 Å². The van der Waals surface area contributed by atoms with E-state index in [2.05, 4.69) is 4.98 Å². The Morgan fingerprint density at radius 2 is 2.50 bits per heavy atom. The Kier molecular flexibility index (Phi) is 2.12. The smallest absolute Gasteiger partial charge is 0.101 e. The van der Waals surface area contributed by atoms with Gasteiger partial charge in [0.2, 0.25) is 0 Å². The number of aryl methyl sites for hydroxylation is 1. The number of nitrogens with zero attached hydrogens (tertiary/aromatic N) is 1. The summed E-state index contributed by atoms with van der Waals surface area (Å²) < 4.78 is 5.15. The van der Waals surface area contributed by atoms with Crippen LogP contribution in [0.15, 0.2) is 5.38 Å². The fraction of sp³-hybridized carbons (Fsp3) is 0.625. The lowest BCUT2D eigenvalue weighted by molar-refractivity contribution is 0.124. The molecule has 0 radical (unpaired) electrons. The maximum atomic E-state index is 9.49. The van der Waals surface area contributed by atoms with Gasteiger partial charge in [0.25, 0.3) is 0 Å². The lowest BCUT2D eigenvalue weighted by Gasteiger charge is -2.07. The van der Waals surface area contributed by atoms with Crippen molar-refractivity contribution in [1.29, 1.82) is 0 Å². The molecule has 1 fully saturated rings. The lowest BCUT2D eigenvalue weighted by atomic mass is 10.1. The molecule has 0 bridgehead atoms.